The Labute approximate surface area is 122 Å². The van der Waals surface area contributed by atoms with E-state index in [0.717, 1.165) is 13.0 Å². The number of hydrogen-bond donors (Lipinski definition) is 1. The van der Waals surface area contributed by atoms with E-state index in [9.17, 15) is 0 Å². The van der Waals surface area contributed by atoms with Crippen LogP contribution >= 0.6 is 0 Å². The second kappa shape index (κ2) is 6.71. The highest BCUT2D eigenvalue weighted by Crippen LogP contribution is 2.21. The lowest BCUT2D eigenvalue weighted by Gasteiger charge is -2.19. The van der Waals surface area contributed by atoms with E-state index >= 15 is 0 Å². The fourth-order valence-electron chi connectivity index (χ4n) is 2.39. The highest BCUT2D eigenvalue weighted by Gasteiger charge is 2.13. The zero-order valence-electron chi connectivity index (χ0n) is 12.9. The van der Waals surface area contributed by atoms with E-state index in [-0.39, 0.29) is 0 Å². The Morgan fingerprint density at radius 1 is 1.20 bits per heavy atom. The van der Waals surface area contributed by atoms with Crippen molar-refractivity contribution in [3.05, 3.63) is 53.3 Å². The van der Waals surface area contributed by atoms with Crippen LogP contribution in [0.4, 0.5) is 0 Å². The standard InChI is InChI=1S/C17H25N3/c1-13(2)18-11-17(9-15-10-19-20(4)12-15)16-7-5-14(3)6-8-16/h5-8,10,12-13,17-18H,9,11H2,1-4H3. The Morgan fingerprint density at radius 2 is 1.90 bits per heavy atom. The van der Waals surface area contributed by atoms with E-state index in [2.05, 4.69) is 61.6 Å². The number of aromatic nitrogens is 2. The van der Waals surface area contributed by atoms with Gasteiger partial charge >= 0.3 is 0 Å². The summed E-state index contributed by atoms with van der Waals surface area (Å²) >= 11 is 0. The smallest absolute Gasteiger partial charge is 0.0521 e. The van der Waals surface area contributed by atoms with Gasteiger partial charge in [0, 0.05) is 31.7 Å². The summed E-state index contributed by atoms with van der Waals surface area (Å²) in [5.41, 5.74) is 4.00. The molecule has 3 heteroatoms. The molecule has 0 amide bonds. The van der Waals surface area contributed by atoms with Gasteiger partial charge in [-0.05, 0) is 24.5 Å². The number of hydrogen-bond acceptors (Lipinski definition) is 2. The molecule has 2 aromatic rings. The van der Waals surface area contributed by atoms with Gasteiger partial charge in [0.15, 0.2) is 0 Å². The number of rotatable bonds is 6. The Bertz CT molecular complexity index is 525. The van der Waals surface area contributed by atoms with E-state index in [1.54, 1.807) is 0 Å². The van der Waals surface area contributed by atoms with Gasteiger partial charge in [-0.25, -0.2) is 0 Å². The van der Waals surface area contributed by atoms with E-state index in [4.69, 9.17) is 0 Å². The summed E-state index contributed by atoms with van der Waals surface area (Å²) in [7, 11) is 1.97. The molecule has 1 aromatic heterocycles. The molecule has 1 aromatic carbocycles. The minimum atomic E-state index is 0.488. The Balaban J connectivity index is 2.13. The first kappa shape index (κ1) is 14.8. The Kier molecular flexibility index (Phi) is 4.96. The van der Waals surface area contributed by atoms with Crippen molar-refractivity contribution in [2.75, 3.05) is 6.54 Å². The van der Waals surface area contributed by atoms with Crippen LogP contribution in [-0.2, 0) is 13.5 Å². The van der Waals surface area contributed by atoms with E-state index in [0.29, 0.717) is 12.0 Å². The molecular weight excluding hydrogens is 246 g/mol. The maximum atomic E-state index is 4.27. The maximum absolute atomic E-state index is 4.27. The van der Waals surface area contributed by atoms with Crippen molar-refractivity contribution in [3.63, 3.8) is 0 Å². The van der Waals surface area contributed by atoms with Crippen molar-refractivity contribution in [2.45, 2.75) is 39.2 Å². The lowest BCUT2D eigenvalue weighted by molar-refractivity contribution is 0.526. The minimum Gasteiger partial charge on any atom is -0.314 e. The summed E-state index contributed by atoms with van der Waals surface area (Å²) in [6.45, 7) is 7.51. The van der Waals surface area contributed by atoms with Gasteiger partial charge in [-0.1, -0.05) is 43.7 Å². The average Bonchev–Trinajstić information content (AvgIpc) is 2.81. The summed E-state index contributed by atoms with van der Waals surface area (Å²) in [5.74, 6) is 0.488. The zero-order valence-corrected chi connectivity index (χ0v) is 12.9. The third-order valence-corrected chi connectivity index (χ3v) is 3.56. The summed E-state index contributed by atoms with van der Waals surface area (Å²) < 4.78 is 1.87. The highest BCUT2D eigenvalue weighted by atomic mass is 15.2. The Morgan fingerprint density at radius 3 is 2.45 bits per heavy atom. The van der Waals surface area contributed by atoms with Gasteiger partial charge in [0.1, 0.15) is 0 Å². The van der Waals surface area contributed by atoms with Crippen LogP contribution in [0.3, 0.4) is 0 Å². The second-order valence-corrected chi connectivity index (χ2v) is 5.90. The average molecular weight is 271 g/mol. The number of nitrogens with one attached hydrogen (secondary N) is 1. The van der Waals surface area contributed by atoms with Gasteiger partial charge in [-0.2, -0.15) is 5.10 Å². The molecule has 108 valence electrons. The molecule has 0 saturated heterocycles. The fraction of sp³-hybridized carbons (Fsp3) is 0.471. The third-order valence-electron chi connectivity index (χ3n) is 3.56. The van der Waals surface area contributed by atoms with Crippen LogP contribution < -0.4 is 5.32 Å². The van der Waals surface area contributed by atoms with Gasteiger partial charge in [-0.3, -0.25) is 4.68 Å². The second-order valence-electron chi connectivity index (χ2n) is 5.90. The highest BCUT2D eigenvalue weighted by molar-refractivity contribution is 5.26. The predicted molar refractivity (Wildman–Crippen MR) is 84.0 cm³/mol. The molecule has 0 saturated carbocycles. The molecule has 0 bridgehead atoms. The normalized spacial score (nSPS) is 12.8. The van der Waals surface area contributed by atoms with Crippen molar-refractivity contribution < 1.29 is 0 Å². The molecule has 1 heterocycles. The monoisotopic (exact) mass is 271 g/mol. The molecule has 20 heavy (non-hydrogen) atoms. The van der Waals surface area contributed by atoms with Crippen LogP contribution in [0.2, 0.25) is 0 Å². The van der Waals surface area contributed by atoms with Crippen LogP contribution in [-0.4, -0.2) is 22.4 Å². The van der Waals surface area contributed by atoms with Crippen LogP contribution in [0.5, 0.6) is 0 Å². The molecule has 3 nitrogen and oxygen atoms in total. The lowest BCUT2D eigenvalue weighted by Crippen LogP contribution is -2.28. The Hall–Kier alpha value is -1.61. The van der Waals surface area contributed by atoms with Crippen LogP contribution in [0.25, 0.3) is 0 Å². The van der Waals surface area contributed by atoms with E-state index in [1.165, 1.54) is 16.7 Å². The van der Waals surface area contributed by atoms with Gasteiger partial charge in [-0.15, -0.1) is 0 Å². The molecule has 0 radical (unpaired) electrons. The van der Waals surface area contributed by atoms with E-state index < -0.39 is 0 Å². The summed E-state index contributed by atoms with van der Waals surface area (Å²) in [6, 6.07) is 9.40. The predicted octanol–water partition coefficient (Wildman–Crippen LogP) is 3.05. The van der Waals surface area contributed by atoms with Gasteiger partial charge in [0.05, 0.1) is 6.20 Å². The quantitative estimate of drug-likeness (QED) is 0.875. The third kappa shape index (κ3) is 4.20. The van der Waals surface area contributed by atoms with E-state index in [1.807, 2.05) is 17.9 Å². The number of nitrogens with zero attached hydrogens (tertiary/aromatic N) is 2. The molecule has 1 unspecified atom stereocenters. The number of aryl methyl sites for hydroxylation is 2. The molecule has 0 fully saturated rings. The van der Waals surface area contributed by atoms with Crippen LogP contribution in [0.1, 0.15) is 36.5 Å². The summed E-state index contributed by atoms with van der Waals surface area (Å²) in [6.07, 6.45) is 5.10. The SMILES string of the molecule is Cc1ccc(C(CNC(C)C)Cc2cnn(C)c2)cc1. The molecule has 0 spiro atoms. The first-order valence-electron chi connectivity index (χ1n) is 7.32. The first-order valence-corrected chi connectivity index (χ1v) is 7.32. The summed E-state index contributed by atoms with van der Waals surface area (Å²) in [4.78, 5) is 0. The first-order chi connectivity index (χ1) is 9.54. The van der Waals surface area contributed by atoms with Gasteiger partial charge in [0.2, 0.25) is 0 Å². The van der Waals surface area contributed by atoms with Crippen molar-refractivity contribution >= 4 is 0 Å². The van der Waals surface area contributed by atoms with Gasteiger partial charge < -0.3 is 5.32 Å². The maximum Gasteiger partial charge on any atom is 0.0521 e. The van der Waals surface area contributed by atoms with Crippen molar-refractivity contribution in [2.24, 2.45) is 7.05 Å². The molecular formula is C17H25N3. The molecule has 2 rings (SSSR count). The zero-order chi connectivity index (χ0) is 14.5. The van der Waals surface area contributed by atoms with Crippen molar-refractivity contribution in [3.8, 4) is 0 Å². The molecule has 0 aliphatic carbocycles. The molecule has 0 aliphatic heterocycles. The molecule has 1 N–H and O–H groups in total. The van der Waals surface area contributed by atoms with Crippen molar-refractivity contribution in [1.29, 1.82) is 0 Å². The fourth-order valence-corrected chi connectivity index (χ4v) is 2.39. The van der Waals surface area contributed by atoms with Crippen LogP contribution in [0.15, 0.2) is 36.7 Å². The van der Waals surface area contributed by atoms with Crippen molar-refractivity contribution in [1.82, 2.24) is 15.1 Å². The van der Waals surface area contributed by atoms with Crippen LogP contribution in [0, 0.1) is 6.92 Å². The summed E-state index contributed by atoms with van der Waals surface area (Å²) in [5, 5.41) is 7.83. The molecule has 0 aliphatic rings. The van der Waals surface area contributed by atoms with Gasteiger partial charge in [0.25, 0.3) is 0 Å². The lowest BCUT2D eigenvalue weighted by atomic mass is 9.92. The molecule has 1 atom stereocenters. The number of benzene rings is 1. The minimum absolute atomic E-state index is 0.488. The largest absolute Gasteiger partial charge is 0.314 e. The topological polar surface area (TPSA) is 29.9 Å².